The van der Waals surface area contributed by atoms with Crippen LogP contribution in [-0.4, -0.2) is 20.3 Å². The van der Waals surface area contributed by atoms with Crippen LogP contribution in [0.2, 0.25) is 0 Å². The summed E-state index contributed by atoms with van der Waals surface area (Å²) in [5, 5.41) is 5.55. The van der Waals surface area contributed by atoms with Crippen LogP contribution in [0, 0.1) is 5.92 Å². The van der Waals surface area contributed by atoms with Crippen LogP contribution in [0.1, 0.15) is 18.2 Å². The lowest BCUT2D eigenvalue weighted by molar-refractivity contribution is 0.155. The molecule has 1 aromatic heterocycles. The molecule has 0 aromatic carbocycles. The molecule has 1 rings (SSSR count). The van der Waals surface area contributed by atoms with Crippen LogP contribution >= 0.6 is 11.3 Å². The third-order valence-electron chi connectivity index (χ3n) is 2.14. The number of hydrogen-bond acceptors (Lipinski definition) is 3. The van der Waals surface area contributed by atoms with Crippen molar-refractivity contribution in [2.24, 2.45) is 5.92 Å². The summed E-state index contributed by atoms with van der Waals surface area (Å²) < 4.78 is 5.08. The predicted octanol–water partition coefficient (Wildman–Crippen LogP) is 2.51. The Morgan fingerprint density at radius 2 is 2.43 bits per heavy atom. The molecule has 0 aliphatic heterocycles. The first-order valence-electron chi connectivity index (χ1n) is 5.05. The topological polar surface area (TPSA) is 21.3 Å². The van der Waals surface area contributed by atoms with Crippen LogP contribution in [0.5, 0.6) is 0 Å². The summed E-state index contributed by atoms with van der Waals surface area (Å²) in [6.07, 6.45) is 1.18. The Morgan fingerprint density at radius 1 is 1.57 bits per heavy atom. The first-order chi connectivity index (χ1) is 6.83. The Bertz CT molecular complexity index is 223. The smallest absolute Gasteiger partial charge is 0.0488 e. The molecule has 0 fully saturated rings. The van der Waals surface area contributed by atoms with Crippen molar-refractivity contribution in [1.29, 1.82) is 0 Å². The summed E-state index contributed by atoms with van der Waals surface area (Å²) in [6.45, 7) is 5.15. The molecule has 1 unspecified atom stereocenters. The molecular weight excluding hydrogens is 194 g/mol. The fourth-order valence-corrected chi connectivity index (χ4v) is 2.02. The fraction of sp³-hybridized carbons (Fsp3) is 0.636. The van der Waals surface area contributed by atoms with Crippen LogP contribution < -0.4 is 5.32 Å². The first kappa shape index (κ1) is 11.7. The highest BCUT2D eigenvalue weighted by Crippen LogP contribution is 2.07. The van der Waals surface area contributed by atoms with Crippen molar-refractivity contribution >= 4 is 11.3 Å². The number of methoxy groups -OCH3 is 1. The molecule has 1 atom stereocenters. The largest absolute Gasteiger partial charge is 0.384 e. The summed E-state index contributed by atoms with van der Waals surface area (Å²) in [5.74, 6) is 0.649. The van der Waals surface area contributed by atoms with E-state index in [4.69, 9.17) is 4.74 Å². The molecule has 0 saturated heterocycles. The predicted molar refractivity (Wildman–Crippen MR) is 61.7 cm³/mol. The molecule has 0 radical (unpaired) electrons. The molecule has 80 valence electrons. The summed E-state index contributed by atoms with van der Waals surface area (Å²) in [5.41, 5.74) is 0. The van der Waals surface area contributed by atoms with E-state index in [0.717, 1.165) is 19.7 Å². The normalized spacial score (nSPS) is 13.0. The van der Waals surface area contributed by atoms with Gasteiger partial charge >= 0.3 is 0 Å². The number of nitrogens with one attached hydrogen (secondary N) is 1. The van der Waals surface area contributed by atoms with Crippen LogP contribution in [-0.2, 0) is 11.3 Å². The quantitative estimate of drug-likeness (QED) is 0.703. The second kappa shape index (κ2) is 6.98. The van der Waals surface area contributed by atoms with E-state index in [-0.39, 0.29) is 0 Å². The molecule has 2 nitrogen and oxygen atoms in total. The molecule has 0 saturated carbocycles. The van der Waals surface area contributed by atoms with Crippen molar-refractivity contribution in [3.05, 3.63) is 22.4 Å². The average Bonchev–Trinajstić information content (AvgIpc) is 2.65. The molecular formula is C11H19NOS. The van der Waals surface area contributed by atoms with Crippen molar-refractivity contribution < 1.29 is 4.74 Å². The van der Waals surface area contributed by atoms with Gasteiger partial charge in [-0.1, -0.05) is 13.0 Å². The third kappa shape index (κ3) is 4.74. The molecule has 1 heterocycles. The van der Waals surface area contributed by atoms with Crippen LogP contribution in [0.4, 0.5) is 0 Å². The molecule has 0 spiro atoms. The van der Waals surface area contributed by atoms with Gasteiger partial charge in [0, 0.05) is 25.1 Å². The van der Waals surface area contributed by atoms with Crippen molar-refractivity contribution in [1.82, 2.24) is 5.32 Å². The van der Waals surface area contributed by atoms with Gasteiger partial charge < -0.3 is 10.1 Å². The highest BCUT2D eigenvalue weighted by molar-refractivity contribution is 7.09. The van der Waals surface area contributed by atoms with Crippen molar-refractivity contribution in [3.8, 4) is 0 Å². The van der Waals surface area contributed by atoms with E-state index in [9.17, 15) is 0 Å². The molecule has 0 bridgehead atoms. The maximum atomic E-state index is 5.08. The van der Waals surface area contributed by atoms with E-state index < -0.39 is 0 Å². The molecule has 0 amide bonds. The highest BCUT2D eigenvalue weighted by Gasteiger charge is 2.00. The van der Waals surface area contributed by atoms with Crippen LogP contribution in [0.3, 0.4) is 0 Å². The lowest BCUT2D eigenvalue weighted by atomic mass is 10.1. The Morgan fingerprint density at radius 3 is 3.07 bits per heavy atom. The Kier molecular flexibility index (Phi) is 5.83. The molecule has 3 heteroatoms. The van der Waals surface area contributed by atoms with Crippen molar-refractivity contribution in [2.75, 3.05) is 20.3 Å². The summed E-state index contributed by atoms with van der Waals surface area (Å²) in [7, 11) is 1.76. The van der Waals surface area contributed by atoms with Crippen molar-refractivity contribution in [2.45, 2.75) is 19.9 Å². The van der Waals surface area contributed by atoms with Crippen molar-refractivity contribution in [3.63, 3.8) is 0 Å². The SMILES string of the molecule is COCC(C)CCNCc1cccs1. The summed E-state index contributed by atoms with van der Waals surface area (Å²) in [4.78, 5) is 1.41. The zero-order chi connectivity index (χ0) is 10.2. The van der Waals surface area contributed by atoms with E-state index in [1.807, 2.05) is 0 Å². The second-order valence-corrected chi connectivity index (χ2v) is 4.64. The zero-order valence-corrected chi connectivity index (χ0v) is 9.77. The van der Waals surface area contributed by atoms with Gasteiger partial charge in [0.25, 0.3) is 0 Å². The lowest BCUT2D eigenvalue weighted by Crippen LogP contribution is -2.18. The zero-order valence-electron chi connectivity index (χ0n) is 8.95. The Hall–Kier alpha value is -0.380. The van der Waals surface area contributed by atoms with Gasteiger partial charge in [-0.05, 0) is 30.3 Å². The minimum Gasteiger partial charge on any atom is -0.384 e. The summed E-state index contributed by atoms with van der Waals surface area (Å²) >= 11 is 1.80. The van der Waals surface area contributed by atoms with E-state index in [0.29, 0.717) is 5.92 Å². The van der Waals surface area contributed by atoms with Gasteiger partial charge in [-0.25, -0.2) is 0 Å². The molecule has 1 N–H and O–H groups in total. The number of thiophene rings is 1. The van der Waals surface area contributed by atoms with Gasteiger partial charge in [0.15, 0.2) is 0 Å². The van der Waals surface area contributed by atoms with Gasteiger partial charge in [-0.3, -0.25) is 0 Å². The van der Waals surface area contributed by atoms with Gasteiger partial charge in [-0.2, -0.15) is 0 Å². The molecule has 14 heavy (non-hydrogen) atoms. The van der Waals surface area contributed by atoms with Gasteiger partial charge in [0.1, 0.15) is 0 Å². The fourth-order valence-electron chi connectivity index (χ4n) is 1.34. The van der Waals surface area contributed by atoms with E-state index in [1.54, 1.807) is 18.4 Å². The van der Waals surface area contributed by atoms with E-state index >= 15 is 0 Å². The number of ether oxygens (including phenoxy) is 1. The minimum atomic E-state index is 0.649. The average molecular weight is 213 g/mol. The molecule has 0 aliphatic carbocycles. The molecule has 1 aromatic rings. The van der Waals surface area contributed by atoms with Gasteiger partial charge in [-0.15, -0.1) is 11.3 Å². The first-order valence-corrected chi connectivity index (χ1v) is 5.93. The van der Waals surface area contributed by atoms with Crippen LogP contribution in [0.25, 0.3) is 0 Å². The Balaban J connectivity index is 1.99. The van der Waals surface area contributed by atoms with Crippen LogP contribution in [0.15, 0.2) is 17.5 Å². The maximum absolute atomic E-state index is 5.08. The van der Waals surface area contributed by atoms with Gasteiger partial charge in [0.05, 0.1) is 0 Å². The minimum absolute atomic E-state index is 0.649. The van der Waals surface area contributed by atoms with E-state index in [1.165, 1.54) is 11.3 Å². The number of hydrogen-bond donors (Lipinski definition) is 1. The second-order valence-electron chi connectivity index (χ2n) is 3.61. The highest BCUT2D eigenvalue weighted by atomic mass is 32.1. The van der Waals surface area contributed by atoms with E-state index in [2.05, 4.69) is 29.8 Å². The molecule has 0 aliphatic rings. The maximum Gasteiger partial charge on any atom is 0.0488 e. The monoisotopic (exact) mass is 213 g/mol. The standard InChI is InChI=1S/C11H19NOS/c1-10(9-13-2)5-6-12-8-11-4-3-7-14-11/h3-4,7,10,12H,5-6,8-9H2,1-2H3. The van der Waals surface area contributed by atoms with Gasteiger partial charge in [0.2, 0.25) is 0 Å². The summed E-state index contributed by atoms with van der Waals surface area (Å²) in [6, 6.07) is 4.26. The Labute approximate surface area is 90.3 Å². The lowest BCUT2D eigenvalue weighted by Gasteiger charge is -2.09. The number of rotatable bonds is 7. The third-order valence-corrected chi connectivity index (χ3v) is 3.02.